The highest BCUT2D eigenvalue weighted by atomic mass is 16.2. The number of hydrogen-bond donors (Lipinski definition) is 1. The highest BCUT2D eigenvalue weighted by Gasteiger charge is 2.45. The summed E-state index contributed by atoms with van der Waals surface area (Å²) in [6.07, 6.45) is 16.4. The Labute approximate surface area is 125 Å². The Morgan fingerprint density at radius 1 is 1.20 bits per heavy atom. The van der Waals surface area contributed by atoms with Crippen LogP contribution < -0.4 is 0 Å². The van der Waals surface area contributed by atoms with Crippen LogP contribution in [0.2, 0.25) is 0 Å². The Hall–Kier alpha value is -0.560. The molecule has 2 saturated carbocycles. The summed E-state index contributed by atoms with van der Waals surface area (Å²) in [6.45, 7) is 7.27. The summed E-state index contributed by atoms with van der Waals surface area (Å²) in [5, 5.41) is 8.98. The van der Waals surface area contributed by atoms with Gasteiger partial charge in [0.1, 0.15) is 0 Å². The summed E-state index contributed by atoms with van der Waals surface area (Å²) in [6, 6.07) is 0. The van der Waals surface area contributed by atoms with E-state index in [1.165, 1.54) is 50.5 Å². The van der Waals surface area contributed by atoms with Gasteiger partial charge in [0.2, 0.25) is 0 Å². The zero-order chi connectivity index (χ0) is 14.6. The molecule has 0 bridgehead atoms. The van der Waals surface area contributed by atoms with Crippen molar-refractivity contribution in [1.29, 1.82) is 0 Å². The van der Waals surface area contributed by atoms with Gasteiger partial charge in [0.15, 0.2) is 0 Å². The van der Waals surface area contributed by atoms with Crippen LogP contribution >= 0.6 is 0 Å². The van der Waals surface area contributed by atoms with Crippen molar-refractivity contribution in [2.75, 3.05) is 6.61 Å². The first-order valence-electron chi connectivity index (χ1n) is 8.53. The van der Waals surface area contributed by atoms with E-state index in [1.54, 1.807) is 0 Å². The molecule has 0 aromatic carbocycles. The van der Waals surface area contributed by atoms with Crippen LogP contribution in [0.25, 0.3) is 0 Å². The summed E-state index contributed by atoms with van der Waals surface area (Å²) in [7, 11) is 0. The number of fused-ring (bicyclic) bond motifs is 1. The maximum atomic E-state index is 8.98. The van der Waals surface area contributed by atoms with Gasteiger partial charge in [-0.1, -0.05) is 63.3 Å². The van der Waals surface area contributed by atoms with E-state index in [1.807, 2.05) is 6.08 Å². The molecule has 0 aromatic heterocycles. The first-order chi connectivity index (χ1) is 9.58. The largest absolute Gasteiger partial charge is 0.392 e. The summed E-state index contributed by atoms with van der Waals surface area (Å²) < 4.78 is 0. The molecule has 0 amide bonds. The third kappa shape index (κ3) is 3.36. The van der Waals surface area contributed by atoms with E-state index in [0.717, 1.165) is 17.8 Å². The van der Waals surface area contributed by atoms with Gasteiger partial charge >= 0.3 is 0 Å². The summed E-state index contributed by atoms with van der Waals surface area (Å²) in [4.78, 5) is 0. The molecule has 2 aliphatic rings. The Morgan fingerprint density at radius 2 is 1.95 bits per heavy atom. The van der Waals surface area contributed by atoms with Crippen LogP contribution in [0.5, 0.6) is 0 Å². The third-order valence-electron chi connectivity index (χ3n) is 6.04. The van der Waals surface area contributed by atoms with Gasteiger partial charge in [0.25, 0.3) is 0 Å². The van der Waals surface area contributed by atoms with E-state index in [4.69, 9.17) is 5.11 Å². The first kappa shape index (κ1) is 15.8. The van der Waals surface area contributed by atoms with Crippen LogP contribution in [0.3, 0.4) is 0 Å². The lowest BCUT2D eigenvalue weighted by molar-refractivity contribution is 0.0285. The minimum absolute atomic E-state index is 0.151. The maximum absolute atomic E-state index is 8.98. The number of rotatable bonds is 3. The summed E-state index contributed by atoms with van der Waals surface area (Å²) in [5.74, 6) is 2.53. The van der Waals surface area contributed by atoms with Crippen molar-refractivity contribution in [2.45, 2.75) is 65.7 Å². The van der Waals surface area contributed by atoms with Crippen molar-refractivity contribution >= 4 is 0 Å². The second kappa shape index (κ2) is 6.93. The van der Waals surface area contributed by atoms with Crippen LogP contribution in [-0.2, 0) is 0 Å². The maximum Gasteiger partial charge on any atom is 0.0617 e. The molecule has 0 saturated heterocycles. The summed E-state index contributed by atoms with van der Waals surface area (Å²) in [5.41, 5.74) is 1.70. The lowest BCUT2D eigenvalue weighted by atomic mass is 9.57. The van der Waals surface area contributed by atoms with Gasteiger partial charge in [-0.2, -0.15) is 0 Å². The zero-order valence-corrected chi connectivity index (χ0v) is 13.6. The number of aliphatic hydroxyl groups excluding tert-OH is 1. The van der Waals surface area contributed by atoms with E-state index in [-0.39, 0.29) is 6.61 Å². The quantitative estimate of drug-likeness (QED) is 0.710. The molecule has 0 aromatic rings. The predicted octanol–water partition coefficient (Wildman–Crippen LogP) is 5.11. The number of allylic oxidation sites excluding steroid dienone is 3. The fraction of sp³-hybridized carbons (Fsp3) is 0.789. The van der Waals surface area contributed by atoms with E-state index in [9.17, 15) is 0 Å². The molecule has 0 aliphatic heterocycles. The number of hydrogen-bond acceptors (Lipinski definition) is 1. The molecule has 2 aliphatic carbocycles. The van der Waals surface area contributed by atoms with Crippen molar-refractivity contribution in [1.82, 2.24) is 0 Å². The van der Waals surface area contributed by atoms with Gasteiger partial charge in [-0.3, -0.25) is 0 Å². The Morgan fingerprint density at radius 3 is 2.70 bits per heavy atom. The average molecular weight is 276 g/mol. The van der Waals surface area contributed by atoms with Gasteiger partial charge in [0, 0.05) is 0 Å². The highest BCUT2D eigenvalue weighted by molar-refractivity contribution is 5.18. The smallest absolute Gasteiger partial charge is 0.0617 e. The van der Waals surface area contributed by atoms with E-state index >= 15 is 0 Å². The topological polar surface area (TPSA) is 20.2 Å². The van der Waals surface area contributed by atoms with Crippen molar-refractivity contribution in [3.8, 4) is 0 Å². The minimum Gasteiger partial charge on any atom is -0.392 e. The van der Waals surface area contributed by atoms with Crippen LogP contribution in [-0.4, -0.2) is 11.7 Å². The Kier molecular flexibility index (Phi) is 5.49. The molecule has 2 fully saturated rings. The normalized spacial score (nSPS) is 39.6. The van der Waals surface area contributed by atoms with Gasteiger partial charge in [-0.25, -0.2) is 0 Å². The lowest BCUT2D eigenvalue weighted by Gasteiger charge is -2.48. The fourth-order valence-corrected chi connectivity index (χ4v) is 4.77. The molecule has 1 heteroatoms. The van der Waals surface area contributed by atoms with Crippen molar-refractivity contribution in [3.63, 3.8) is 0 Å². The Balaban J connectivity index is 2.19. The third-order valence-corrected chi connectivity index (χ3v) is 6.04. The van der Waals surface area contributed by atoms with Gasteiger partial charge in [0.05, 0.1) is 6.61 Å². The summed E-state index contributed by atoms with van der Waals surface area (Å²) >= 11 is 0. The predicted molar refractivity (Wildman–Crippen MR) is 86.6 cm³/mol. The fourth-order valence-electron chi connectivity index (χ4n) is 4.77. The zero-order valence-electron chi connectivity index (χ0n) is 13.6. The Bertz CT molecular complexity index is 368. The minimum atomic E-state index is 0.151. The monoisotopic (exact) mass is 276 g/mol. The molecule has 0 spiro atoms. The second-order valence-corrected chi connectivity index (χ2v) is 7.36. The van der Waals surface area contributed by atoms with Crippen molar-refractivity contribution in [3.05, 3.63) is 23.8 Å². The van der Waals surface area contributed by atoms with E-state index in [2.05, 4.69) is 32.9 Å². The van der Waals surface area contributed by atoms with E-state index in [0.29, 0.717) is 5.41 Å². The molecule has 1 nitrogen and oxygen atoms in total. The molecule has 20 heavy (non-hydrogen) atoms. The van der Waals surface area contributed by atoms with Crippen molar-refractivity contribution < 1.29 is 5.11 Å². The molecule has 114 valence electrons. The highest BCUT2D eigenvalue weighted by Crippen LogP contribution is 2.54. The molecular weight excluding hydrogens is 244 g/mol. The second-order valence-electron chi connectivity index (χ2n) is 7.36. The van der Waals surface area contributed by atoms with Crippen LogP contribution in [0.15, 0.2) is 23.8 Å². The van der Waals surface area contributed by atoms with Crippen LogP contribution in [0.4, 0.5) is 0 Å². The molecule has 0 radical (unpaired) electrons. The van der Waals surface area contributed by atoms with Crippen LogP contribution in [0, 0.1) is 23.2 Å². The number of aliphatic hydroxyl groups is 1. The molecular formula is C19H32O. The lowest BCUT2D eigenvalue weighted by Crippen LogP contribution is -2.40. The van der Waals surface area contributed by atoms with Crippen LogP contribution in [0.1, 0.15) is 65.7 Å². The van der Waals surface area contributed by atoms with E-state index < -0.39 is 0 Å². The van der Waals surface area contributed by atoms with Gasteiger partial charge in [-0.05, 0) is 49.4 Å². The SMILES string of the molecule is CC(/C=C/[C@H]1CCCCC2C(C)CCC[C@@]21C)=C\CO. The van der Waals surface area contributed by atoms with Crippen molar-refractivity contribution in [2.24, 2.45) is 23.2 Å². The molecule has 2 rings (SSSR count). The first-order valence-corrected chi connectivity index (χ1v) is 8.53. The molecule has 4 atom stereocenters. The molecule has 0 heterocycles. The average Bonchev–Trinajstić information content (AvgIpc) is 2.57. The van der Waals surface area contributed by atoms with Gasteiger partial charge in [-0.15, -0.1) is 0 Å². The molecule has 2 unspecified atom stereocenters. The standard InChI is InChI=1S/C19H32O/c1-15(12-14-20)10-11-17-8-4-5-9-18-16(2)7-6-13-19(17,18)3/h10-12,16-18,20H,4-9,13-14H2,1-3H3/b11-10+,15-12+/t16?,17-,18?,19-/m1/s1. The molecule has 1 N–H and O–H groups in total. The van der Waals surface area contributed by atoms with Gasteiger partial charge < -0.3 is 5.11 Å².